The number of aromatic amines is 1. The summed E-state index contributed by atoms with van der Waals surface area (Å²) < 4.78 is 40.6. The van der Waals surface area contributed by atoms with Gasteiger partial charge in [0.15, 0.2) is 5.75 Å². The van der Waals surface area contributed by atoms with Gasteiger partial charge >= 0.3 is 6.01 Å². The van der Waals surface area contributed by atoms with Gasteiger partial charge in [0.2, 0.25) is 0 Å². The van der Waals surface area contributed by atoms with Crippen molar-refractivity contribution in [3.63, 3.8) is 0 Å². The van der Waals surface area contributed by atoms with E-state index in [1.165, 1.54) is 0 Å². The fourth-order valence-electron chi connectivity index (χ4n) is 7.75. The van der Waals surface area contributed by atoms with Crippen molar-refractivity contribution in [3.05, 3.63) is 35.5 Å². The van der Waals surface area contributed by atoms with Gasteiger partial charge in [0.25, 0.3) is 6.43 Å². The molecule has 1 aliphatic carbocycles. The lowest BCUT2D eigenvalue weighted by atomic mass is 9.73. The van der Waals surface area contributed by atoms with Crippen LogP contribution < -0.4 is 19.7 Å². The highest BCUT2D eigenvalue weighted by Crippen LogP contribution is 2.53. The number of ether oxygens (including phenoxy) is 2. The van der Waals surface area contributed by atoms with Gasteiger partial charge in [-0.15, -0.1) is 0 Å². The van der Waals surface area contributed by atoms with Gasteiger partial charge in [-0.25, -0.2) is 8.78 Å². The minimum absolute atomic E-state index is 0.00339. The maximum Gasteiger partial charge on any atom is 0.319 e. The molecular formula is C35H43F2N7O2. The van der Waals surface area contributed by atoms with Crippen LogP contribution in [0.2, 0.25) is 0 Å². The number of aryl methyl sites for hydroxylation is 1. The second kappa shape index (κ2) is 11.9. The van der Waals surface area contributed by atoms with Gasteiger partial charge in [-0.2, -0.15) is 15.1 Å². The lowest BCUT2D eigenvalue weighted by molar-refractivity contribution is 0.0826. The molecule has 2 aromatic heterocycles. The monoisotopic (exact) mass is 631 g/mol. The third-order valence-electron chi connectivity index (χ3n) is 10.8. The zero-order valence-corrected chi connectivity index (χ0v) is 26.7. The van der Waals surface area contributed by atoms with Crippen LogP contribution in [-0.4, -0.2) is 90.0 Å². The zero-order valence-electron chi connectivity index (χ0n) is 26.7. The first kappa shape index (κ1) is 29.8. The van der Waals surface area contributed by atoms with E-state index < -0.39 is 13.0 Å². The molecule has 9 nitrogen and oxygen atoms in total. The first-order valence-electron chi connectivity index (χ1n) is 17.0. The molecule has 5 heterocycles. The number of benzene rings is 2. The lowest BCUT2D eigenvalue weighted by Gasteiger charge is -2.48. The number of hydrogen-bond acceptors (Lipinski definition) is 8. The summed E-state index contributed by atoms with van der Waals surface area (Å²) in [5.74, 6) is 1.53. The summed E-state index contributed by atoms with van der Waals surface area (Å²) in [6.07, 6.45) is 5.22. The fourth-order valence-corrected chi connectivity index (χ4v) is 7.75. The van der Waals surface area contributed by atoms with E-state index >= 15 is 0 Å². The molecule has 4 fully saturated rings. The highest BCUT2D eigenvalue weighted by atomic mass is 19.3. The van der Waals surface area contributed by atoms with Crippen LogP contribution >= 0.6 is 0 Å². The number of nitrogens with zero attached hydrogens (tertiary/aromatic N) is 5. The molecule has 244 valence electrons. The summed E-state index contributed by atoms with van der Waals surface area (Å²) >= 11 is 0. The molecule has 46 heavy (non-hydrogen) atoms. The Labute approximate surface area is 268 Å². The van der Waals surface area contributed by atoms with E-state index in [0.29, 0.717) is 28.6 Å². The molecule has 11 heteroatoms. The normalized spacial score (nSPS) is 20.6. The van der Waals surface area contributed by atoms with E-state index in [2.05, 4.69) is 51.3 Å². The summed E-state index contributed by atoms with van der Waals surface area (Å²) in [5, 5.41) is 12.7. The number of nitrogens with one attached hydrogen (secondary N) is 2. The third kappa shape index (κ3) is 5.45. The van der Waals surface area contributed by atoms with E-state index in [4.69, 9.17) is 19.4 Å². The maximum absolute atomic E-state index is 13.9. The number of fused-ring (bicyclic) bond motifs is 2. The minimum Gasteiger partial charge on any atom is -0.485 e. The highest BCUT2D eigenvalue weighted by molar-refractivity contribution is 6.06. The van der Waals surface area contributed by atoms with Crippen LogP contribution in [-0.2, 0) is 0 Å². The van der Waals surface area contributed by atoms with Gasteiger partial charge in [-0.3, -0.25) is 5.10 Å². The Morgan fingerprint density at radius 3 is 2.46 bits per heavy atom. The summed E-state index contributed by atoms with van der Waals surface area (Å²) in [6, 6.07) is 6.59. The molecular weight excluding hydrogens is 588 g/mol. The first-order valence-corrected chi connectivity index (χ1v) is 17.0. The van der Waals surface area contributed by atoms with Gasteiger partial charge in [0.05, 0.1) is 11.7 Å². The third-order valence-corrected chi connectivity index (χ3v) is 10.8. The highest BCUT2D eigenvalue weighted by Gasteiger charge is 2.41. The van der Waals surface area contributed by atoms with Crippen LogP contribution in [0, 0.1) is 12.3 Å². The predicted molar refractivity (Wildman–Crippen MR) is 175 cm³/mol. The Hall–Kier alpha value is -3.57. The van der Waals surface area contributed by atoms with Crippen molar-refractivity contribution in [2.75, 3.05) is 57.3 Å². The molecule has 0 amide bonds. The SMILES string of the molecule is CCN1CCC(Oc2nc(N3CCC4(CC3)CNC4)c3cc(C4CC4)c(-c4c(C)ccc5[nH]ncc45)c(OCC(F)F)c3n2)CC1. The van der Waals surface area contributed by atoms with Gasteiger partial charge in [0, 0.05) is 55.6 Å². The Balaban J connectivity index is 1.32. The van der Waals surface area contributed by atoms with Crippen LogP contribution in [0.1, 0.15) is 62.5 Å². The number of likely N-dealkylation sites (tertiary alicyclic amines) is 1. The largest absolute Gasteiger partial charge is 0.485 e. The quantitative estimate of drug-likeness (QED) is 0.231. The number of piperidine rings is 2. The van der Waals surface area contributed by atoms with Crippen molar-refractivity contribution in [2.45, 2.75) is 70.8 Å². The summed E-state index contributed by atoms with van der Waals surface area (Å²) in [6.45, 7) is 10.4. The van der Waals surface area contributed by atoms with Gasteiger partial charge in [-0.05, 0) is 92.1 Å². The summed E-state index contributed by atoms with van der Waals surface area (Å²) in [5.41, 5.74) is 5.72. The van der Waals surface area contributed by atoms with Crippen molar-refractivity contribution in [3.8, 4) is 22.9 Å². The van der Waals surface area contributed by atoms with E-state index in [1.54, 1.807) is 0 Å². The van der Waals surface area contributed by atoms with Crippen molar-refractivity contribution >= 4 is 27.6 Å². The summed E-state index contributed by atoms with van der Waals surface area (Å²) in [4.78, 5) is 14.9. The Kier molecular flexibility index (Phi) is 7.71. The fraction of sp³-hybridized carbons (Fsp3) is 0.571. The van der Waals surface area contributed by atoms with E-state index in [1.807, 2.05) is 12.3 Å². The van der Waals surface area contributed by atoms with E-state index in [9.17, 15) is 8.78 Å². The zero-order chi connectivity index (χ0) is 31.4. The molecule has 3 saturated heterocycles. The van der Waals surface area contributed by atoms with Crippen molar-refractivity contribution < 1.29 is 18.3 Å². The number of rotatable bonds is 9. The van der Waals surface area contributed by atoms with Crippen molar-refractivity contribution in [2.24, 2.45) is 5.41 Å². The van der Waals surface area contributed by atoms with Crippen LogP contribution in [0.15, 0.2) is 24.4 Å². The van der Waals surface area contributed by atoms with Crippen LogP contribution in [0.4, 0.5) is 14.6 Å². The number of anilines is 1. The molecule has 0 radical (unpaired) electrons. The van der Waals surface area contributed by atoms with Crippen molar-refractivity contribution in [1.82, 2.24) is 30.4 Å². The maximum atomic E-state index is 13.9. The molecule has 1 saturated carbocycles. The Bertz CT molecular complexity index is 1730. The number of alkyl halides is 2. The second-order valence-electron chi connectivity index (χ2n) is 13.8. The van der Waals surface area contributed by atoms with Crippen LogP contribution in [0.25, 0.3) is 32.9 Å². The number of aromatic nitrogens is 4. The van der Waals surface area contributed by atoms with Gasteiger partial charge in [-0.1, -0.05) is 13.0 Å². The average Bonchev–Trinajstić information content (AvgIpc) is 3.79. The molecule has 4 aliphatic rings. The molecule has 0 atom stereocenters. The van der Waals surface area contributed by atoms with Crippen LogP contribution in [0.3, 0.4) is 0 Å². The molecule has 8 rings (SSSR count). The standard InChI is InChI=1S/C35H43F2N7O2/c1-3-43-12-8-23(9-13-43)46-34-40-31-25(33(41-34)44-14-10-35(11-15-44)19-38-20-35)16-24(22-5-6-22)30(32(31)45-18-28(36)37)29-21(2)4-7-27-26(29)17-39-42-27/h4,7,16-17,22-23,28,38H,3,5-6,8-15,18-20H2,1-2H3,(H,39,42). The molecule has 4 aromatic rings. The predicted octanol–water partition coefficient (Wildman–Crippen LogP) is 6.06. The molecule has 0 unspecified atom stereocenters. The van der Waals surface area contributed by atoms with Crippen LogP contribution in [0.5, 0.6) is 11.8 Å². The number of halogens is 2. The van der Waals surface area contributed by atoms with E-state index in [-0.39, 0.29) is 6.10 Å². The molecule has 0 bridgehead atoms. The van der Waals surface area contributed by atoms with Crippen molar-refractivity contribution in [1.29, 1.82) is 0 Å². The lowest BCUT2D eigenvalue weighted by Crippen LogP contribution is -2.58. The molecule has 2 N–H and O–H groups in total. The topological polar surface area (TPSA) is 91.4 Å². The first-order chi connectivity index (χ1) is 22.4. The number of H-pyrrole nitrogens is 1. The smallest absolute Gasteiger partial charge is 0.319 e. The average molecular weight is 632 g/mol. The molecule has 2 aromatic carbocycles. The Morgan fingerprint density at radius 2 is 1.78 bits per heavy atom. The van der Waals surface area contributed by atoms with E-state index in [0.717, 1.165) is 129 Å². The molecule has 1 spiro atoms. The Morgan fingerprint density at radius 1 is 1.00 bits per heavy atom. The second-order valence-corrected chi connectivity index (χ2v) is 13.8. The number of hydrogen-bond donors (Lipinski definition) is 2. The summed E-state index contributed by atoms with van der Waals surface area (Å²) in [7, 11) is 0. The molecule has 3 aliphatic heterocycles. The minimum atomic E-state index is -2.63. The van der Waals surface area contributed by atoms with Gasteiger partial charge < -0.3 is 24.6 Å². The van der Waals surface area contributed by atoms with Gasteiger partial charge in [0.1, 0.15) is 24.0 Å².